The zero-order valence-corrected chi connectivity index (χ0v) is 12.4. The van der Waals surface area contributed by atoms with Gasteiger partial charge in [0.15, 0.2) is 5.78 Å². The number of Topliss-reactive ketones (excluding diaryl/α,β-unsaturated/α-hetero) is 1. The molecular formula is C13H12Cl3NO2. The molecule has 6 heteroatoms. The van der Waals surface area contributed by atoms with Crippen LogP contribution in [0.4, 0.5) is 0 Å². The predicted molar refractivity (Wildman–Crippen MR) is 78.3 cm³/mol. The molecule has 0 aliphatic heterocycles. The SMILES string of the molecule is CCNC(C(=O)c1ccc2ccoc2c1)C(Cl)(Cl)Cl. The second kappa shape index (κ2) is 5.71. The molecule has 0 fully saturated rings. The van der Waals surface area contributed by atoms with Crippen LogP contribution >= 0.6 is 34.8 Å². The van der Waals surface area contributed by atoms with Crippen molar-refractivity contribution in [2.24, 2.45) is 0 Å². The van der Waals surface area contributed by atoms with Gasteiger partial charge in [-0.15, -0.1) is 0 Å². The standard InChI is InChI=1S/C13H12Cl3NO2/c1-2-17-12(13(14,15)16)11(18)9-4-3-8-5-6-19-10(8)7-9/h3-7,12,17H,2H2,1H3. The van der Waals surface area contributed by atoms with E-state index in [-0.39, 0.29) is 5.78 Å². The van der Waals surface area contributed by atoms with E-state index in [2.05, 4.69) is 5.32 Å². The molecule has 0 radical (unpaired) electrons. The third kappa shape index (κ3) is 3.23. The Morgan fingerprint density at radius 3 is 2.74 bits per heavy atom. The topological polar surface area (TPSA) is 42.2 Å². The molecule has 102 valence electrons. The van der Waals surface area contributed by atoms with Crippen LogP contribution in [0.1, 0.15) is 17.3 Å². The number of alkyl halides is 3. The first-order chi connectivity index (χ1) is 8.93. The summed E-state index contributed by atoms with van der Waals surface area (Å²) in [5, 5.41) is 3.81. The highest BCUT2D eigenvalue weighted by Gasteiger charge is 2.38. The fourth-order valence-electron chi connectivity index (χ4n) is 1.84. The van der Waals surface area contributed by atoms with E-state index in [1.165, 1.54) is 0 Å². The molecule has 2 rings (SSSR count). The number of likely N-dealkylation sites (N-methyl/N-ethyl adjacent to an activating group) is 1. The number of rotatable bonds is 4. The highest BCUT2D eigenvalue weighted by Crippen LogP contribution is 2.32. The van der Waals surface area contributed by atoms with E-state index < -0.39 is 9.83 Å². The molecule has 19 heavy (non-hydrogen) atoms. The lowest BCUT2D eigenvalue weighted by atomic mass is 10.0. The van der Waals surface area contributed by atoms with Crippen molar-refractivity contribution in [3.63, 3.8) is 0 Å². The smallest absolute Gasteiger partial charge is 0.213 e. The van der Waals surface area contributed by atoms with Crippen molar-refractivity contribution in [2.45, 2.75) is 16.8 Å². The fourth-order valence-corrected chi connectivity index (χ4v) is 2.36. The lowest BCUT2D eigenvalue weighted by Gasteiger charge is -2.23. The third-order valence-corrected chi connectivity index (χ3v) is 3.39. The number of hydrogen-bond donors (Lipinski definition) is 1. The van der Waals surface area contributed by atoms with Crippen LogP contribution in [0.15, 0.2) is 34.9 Å². The molecule has 3 nitrogen and oxygen atoms in total. The second-order valence-corrected chi connectivity index (χ2v) is 6.44. The van der Waals surface area contributed by atoms with E-state index in [4.69, 9.17) is 39.2 Å². The van der Waals surface area contributed by atoms with Crippen molar-refractivity contribution < 1.29 is 9.21 Å². The molecule has 1 heterocycles. The number of nitrogens with one attached hydrogen (secondary N) is 1. The number of hydrogen-bond acceptors (Lipinski definition) is 3. The molecule has 1 aromatic carbocycles. The van der Waals surface area contributed by atoms with Crippen molar-refractivity contribution >= 4 is 51.6 Å². The highest BCUT2D eigenvalue weighted by molar-refractivity contribution is 6.69. The average molecular weight is 321 g/mol. The minimum absolute atomic E-state index is 0.278. The zero-order chi connectivity index (χ0) is 14.0. The summed E-state index contributed by atoms with van der Waals surface area (Å²) in [7, 11) is 0. The minimum Gasteiger partial charge on any atom is -0.464 e. The molecule has 1 N–H and O–H groups in total. The maximum Gasteiger partial charge on any atom is 0.213 e. The molecule has 1 atom stereocenters. The van der Waals surface area contributed by atoms with Gasteiger partial charge in [-0.2, -0.15) is 0 Å². The lowest BCUT2D eigenvalue weighted by molar-refractivity contribution is 0.0945. The molecular weight excluding hydrogens is 309 g/mol. The first-order valence-corrected chi connectivity index (χ1v) is 6.88. The maximum atomic E-state index is 12.4. The summed E-state index contributed by atoms with van der Waals surface area (Å²) in [6.45, 7) is 2.36. The quantitative estimate of drug-likeness (QED) is 0.685. The van der Waals surface area contributed by atoms with Crippen LogP contribution in [0.3, 0.4) is 0 Å². The fraction of sp³-hybridized carbons (Fsp3) is 0.308. The Labute approximate surface area is 125 Å². The third-order valence-electron chi connectivity index (χ3n) is 2.74. The molecule has 0 aliphatic carbocycles. The number of carbonyl (C=O) groups is 1. The van der Waals surface area contributed by atoms with Gasteiger partial charge >= 0.3 is 0 Å². The van der Waals surface area contributed by atoms with Crippen LogP contribution in [0.2, 0.25) is 0 Å². The van der Waals surface area contributed by atoms with Gasteiger partial charge in [-0.25, -0.2) is 0 Å². The van der Waals surface area contributed by atoms with Crippen LogP contribution in [-0.2, 0) is 0 Å². The van der Waals surface area contributed by atoms with E-state index in [1.807, 2.05) is 13.0 Å². The van der Waals surface area contributed by atoms with Crippen LogP contribution in [0.5, 0.6) is 0 Å². The van der Waals surface area contributed by atoms with Gasteiger partial charge in [-0.3, -0.25) is 4.79 Å². The summed E-state index contributed by atoms with van der Waals surface area (Å²) in [4.78, 5) is 12.4. The first-order valence-electron chi connectivity index (χ1n) is 5.75. The van der Waals surface area contributed by atoms with Crippen LogP contribution in [0, 0.1) is 0 Å². The van der Waals surface area contributed by atoms with E-state index in [0.29, 0.717) is 17.7 Å². The van der Waals surface area contributed by atoms with Crippen LogP contribution in [-0.4, -0.2) is 22.2 Å². The van der Waals surface area contributed by atoms with Crippen molar-refractivity contribution in [1.29, 1.82) is 0 Å². The second-order valence-electron chi connectivity index (χ2n) is 4.07. The summed E-state index contributed by atoms with van der Waals surface area (Å²) in [6.07, 6.45) is 1.57. The molecule has 2 aromatic rings. The Kier molecular flexibility index (Phi) is 4.41. The average Bonchev–Trinajstić information content (AvgIpc) is 2.80. The molecule has 1 unspecified atom stereocenters. The van der Waals surface area contributed by atoms with Crippen LogP contribution in [0.25, 0.3) is 11.0 Å². The van der Waals surface area contributed by atoms with Gasteiger partial charge in [-0.1, -0.05) is 53.9 Å². The largest absolute Gasteiger partial charge is 0.464 e. The molecule has 0 saturated heterocycles. The van der Waals surface area contributed by atoms with Gasteiger partial charge < -0.3 is 9.73 Å². The maximum absolute atomic E-state index is 12.4. The van der Waals surface area contributed by atoms with Gasteiger partial charge in [0.1, 0.15) is 11.6 Å². The zero-order valence-electron chi connectivity index (χ0n) is 10.1. The number of carbonyl (C=O) groups excluding carboxylic acids is 1. The van der Waals surface area contributed by atoms with Gasteiger partial charge in [0, 0.05) is 10.9 Å². The first kappa shape index (κ1) is 14.7. The molecule has 0 bridgehead atoms. The lowest BCUT2D eigenvalue weighted by Crippen LogP contribution is -2.46. The molecule has 1 aromatic heterocycles. The number of ketones is 1. The molecule has 0 saturated carbocycles. The van der Waals surface area contributed by atoms with Crippen molar-refractivity contribution in [3.8, 4) is 0 Å². The van der Waals surface area contributed by atoms with Gasteiger partial charge in [0.25, 0.3) is 0 Å². The number of fused-ring (bicyclic) bond motifs is 1. The van der Waals surface area contributed by atoms with Crippen molar-refractivity contribution in [1.82, 2.24) is 5.32 Å². The Morgan fingerprint density at radius 1 is 1.37 bits per heavy atom. The van der Waals surface area contributed by atoms with E-state index in [0.717, 1.165) is 5.39 Å². The monoisotopic (exact) mass is 319 g/mol. The minimum atomic E-state index is -1.70. The van der Waals surface area contributed by atoms with E-state index >= 15 is 0 Å². The van der Waals surface area contributed by atoms with Gasteiger partial charge in [-0.05, 0) is 18.7 Å². The van der Waals surface area contributed by atoms with Crippen molar-refractivity contribution in [2.75, 3.05) is 6.54 Å². The van der Waals surface area contributed by atoms with Gasteiger partial charge in [0.2, 0.25) is 3.79 Å². The van der Waals surface area contributed by atoms with Crippen molar-refractivity contribution in [3.05, 3.63) is 36.1 Å². The highest BCUT2D eigenvalue weighted by atomic mass is 35.6. The summed E-state index contributed by atoms with van der Waals surface area (Å²) in [5.41, 5.74) is 1.07. The number of furan rings is 1. The summed E-state index contributed by atoms with van der Waals surface area (Å²) in [5.74, 6) is -0.278. The Hall–Kier alpha value is -0.740. The summed E-state index contributed by atoms with van der Waals surface area (Å²) < 4.78 is 3.56. The Morgan fingerprint density at radius 2 is 2.11 bits per heavy atom. The summed E-state index contributed by atoms with van der Waals surface area (Å²) >= 11 is 17.5. The van der Waals surface area contributed by atoms with E-state index in [9.17, 15) is 4.79 Å². The molecule has 0 amide bonds. The summed E-state index contributed by atoms with van der Waals surface area (Å²) in [6, 6.07) is 6.07. The predicted octanol–water partition coefficient (Wildman–Crippen LogP) is 3.96. The van der Waals surface area contributed by atoms with Crippen LogP contribution < -0.4 is 5.32 Å². The molecule has 0 spiro atoms. The Balaban J connectivity index is 2.35. The Bertz CT molecular complexity index is 589. The number of benzene rings is 1. The van der Waals surface area contributed by atoms with E-state index in [1.54, 1.807) is 24.5 Å². The normalized spacial score (nSPS) is 13.7. The molecule has 0 aliphatic rings. The van der Waals surface area contributed by atoms with Gasteiger partial charge in [0.05, 0.1) is 6.26 Å². The number of halogens is 3.